The van der Waals surface area contributed by atoms with Crippen molar-refractivity contribution in [3.05, 3.63) is 58.4 Å². The summed E-state index contributed by atoms with van der Waals surface area (Å²) in [5.74, 6) is 0.781. The van der Waals surface area contributed by atoms with Crippen molar-refractivity contribution in [3.8, 4) is 11.5 Å². The fourth-order valence-electron chi connectivity index (χ4n) is 2.45. The van der Waals surface area contributed by atoms with Gasteiger partial charge in [-0.2, -0.15) is 0 Å². The molecule has 0 aliphatic carbocycles. The minimum Gasteiger partial charge on any atom is -0.493 e. The summed E-state index contributed by atoms with van der Waals surface area (Å²) in [6.07, 6.45) is 0.596. The Bertz CT molecular complexity index is 649. The van der Waals surface area contributed by atoms with Gasteiger partial charge in [-0.25, -0.2) is 4.39 Å². The predicted octanol–water partition coefficient (Wildman–Crippen LogP) is 3.78. The number of methoxy groups -OCH3 is 2. The standard InChI is InChI=1S/C17H19ClFNO2/c1-21-15-7-6-12(16(18)17(15)22-2)8-13(10-20)11-4-3-5-14(19)9-11/h3-7,9,13H,8,10,20H2,1-2H3. The normalized spacial score (nSPS) is 12.0. The molecule has 2 N–H and O–H groups in total. The van der Waals surface area contributed by atoms with Crippen molar-refractivity contribution >= 4 is 11.6 Å². The molecular weight excluding hydrogens is 305 g/mol. The van der Waals surface area contributed by atoms with Crippen molar-refractivity contribution in [2.24, 2.45) is 5.73 Å². The Morgan fingerprint density at radius 2 is 1.95 bits per heavy atom. The molecule has 0 aliphatic rings. The van der Waals surface area contributed by atoms with E-state index in [9.17, 15) is 4.39 Å². The Hall–Kier alpha value is -1.78. The summed E-state index contributed by atoms with van der Waals surface area (Å²) in [4.78, 5) is 0. The molecule has 0 bridgehead atoms. The van der Waals surface area contributed by atoms with Gasteiger partial charge in [-0.15, -0.1) is 0 Å². The number of rotatable bonds is 6. The Balaban J connectivity index is 2.32. The van der Waals surface area contributed by atoms with Crippen molar-refractivity contribution in [3.63, 3.8) is 0 Å². The Labute approximate surface area is 134 Å². The van der Waals surface area contributed by atoms with Gasteiger partial charge in [0.05, 0.1) is 19.2 Å². The molecule has 2 rings (SSSR count). The molecule has 0 saturated heterocycles. The van der Waals surface area contributed by atoms with Crippen molar-refractivity contribution in [1.82, 2.24) is 0 Å². The Morgan fingerprint density at radius 3 is 2.55 bits per heavy atom. The van der Waals surface area contributed by atoms with E-state index in [1.54, 1.807) is 26.4 Å². The highest BCUT2D eigenvalue weighted by Gasteiger charge is 2.17. The average molecular weight is 324 g/mol. The van der Waals surface area contributed by atoms with E-state index in [0.29, 0.717) is 29.5 Å². The first-order valence-corrected chi connectivity index (χ1v) is 7.33. The van der Waals surface area contributed by atoms with Gasteiger partial charge in [-0.05, 0) is 42.3 Å². The number of nitrogens with two attached hydrogens (primary N) is 1. The summed E-state index contributed by atoms with van der Waals surface area (Å²) in [5, 5.41) is 0.497. The first-order valence-electron chi connectivity index (χ1n) is 6.95. The smallest absolute Gasteiger partial charge is 0.179 e. The third-order valence-electron chi connectivity index (χ3n) is 3.64. The molecule has 1 unspecified atom stereocenters. The molecule has 1 atom stereocenters. The highest BCUT2D eigenvalue weighted by Crippen LogP contribution is 2.38. The summed E-state index contributed by atoms with van der Waals surface area (Å²) in [7, 11) is 3.10. The highest BCUT2D eigenvalue weighted by molar-refractivity contribution is 6.33. The molecule has 0 saturated carbocycles. The minimum atomic E-state index is -0.269. The van der Waals surface area contributed by atoms with Crippen LogP contribution in [0.15, 0.2) is 36.4 Å². The third-order valence-corrected chi connectivity index (χ3v) is 4.05. The van der Waals surface area contributed by atoms with E-state index in [1.807, 2.05) is 12.1 Å². The predicted molar refractivity (Wildman–Crippen MR) is 86.5 cm³/mol. The van der Waals surface area contributed by atoms with Gasteiger partial charge in [0.15, 0.2) is 11.5 Å². The Morgan fingerprint density at radius 1 is 1.18 bits per heavy atom. The lowest BCUT2D eigenvalue weighted by molar-refractivity contribution is 0.354. The average Bonchev–Trinajstić information content (AvgIpc) is 2.53. The molecule has 3 nitrogen and oxygen atoms in total. The van der Waals surface area contributed by atoms with Gasteiger partial charge in [0.1, 0.15) is 5.82 Å². The zero-order valence-corrected chi connectivity index (χ0v) is 13.4. The lowest BCUT2D eigenvalue weighted by Gasteiger charge is -2.18. The molecule has 0 heterocycles. The molecule has 0 aromatic heterocycles. The molecule has 0 radical (unpaired) electrons. The maximum Gasteiger partial charge on any atom is 0.179 e. The summed E-state index contributed by atoms with van der Waals surface area (Å²) in [6, 6.07) is 10.2. The van der Waals surface area contributed by atoms with Crippen LogP contribution in [0.1, 0.15) is 17.0 Å². The third kappa shape index (κ3) is 3.51. The van der Waals surface area contributed by atoms with E-state index in [-0.39, 0.29) is 11.7 Å². The van der Waals surface area contributed by atoms with Crippen molar-refractivity contribution in [2.45, 2.75) is 12.3 Å². The maximum absolute atomic E-state index is 13.4. The molecule has 0 aliphatic heterocycles. The molecule has 0 fully saturated rings. The largest absolute Gasteiger partial charge is 0.493 e. The molecular formula is C17H19ClFNO2. The van der Waals surface area contributed by atoms with Gasteiger partial charge >= 0.3 is 0 Å². The quantitative estimate of drug-likeness (QED) is 0.880. The molecule has 2 aromatic carbocycles. The van der Waals surface area contributed by atoms with Gasteiger partial charge in [-0.3, -0.25) is 0 Å². The Kier molecular flexibility index (Phi) is 5.63. The monoisotopic (exact) mass is 323 g/mol. The molecule has 118 valence electrons. The van der Waals surface area contributed by atoms with Gasteiger partial charge < -0.3 is 15.2 Å². The van der Waals surface area contributed by atoms with Crippen LogP contribution >= 0.6 is 11.6 Å². The van der Waals surface area contributed by atoms with Crippen LogP contribution in [-0.4, -0.2) is 20.8 Å². The first kappa shape index (κ1) is 16.6. The number of halogens is 2. The number of hydrogen-bond donors (Lipinski definition) is 1. The zero-order chi connectivity index (χ0) is 16.1. The summed E-state index contributed by atoms with van der Waals surface area (Å²) in [6.45, 7) is 0.397. The van der Waals surface area contributed by atoms with Gasteiger partial charge in [0.2, 0.25) is 0 Å². The highest BCUT2D eigenvalue weighted by atomic mass is 35.5. The molecule has 0 amide bonds. The van der Waals surface area contributed by atoms with Crippen molar-refractivity contribution < 1.29 is 13.9 Å². The summed E-state index contributed by atoms with van der Waals surface area (Å²) < 4.78 is 23.9. The molecule has 22 heavy (non-hydrogen) atoms. The minimum absolute atomic E-state index is 0.0219. The van der Waals surface area contributed by atoms with Gasteiger partial charge in [0, 0.05) is 5.92 Å². The second-order valence-corrected chi connectivity index (χ2v) is 5.34. The second-order valence-electron chi connectivity index (χ2n) is 4.97. The van der Waals surface area contributed by atoms with Crippen LogP contribution in [0.25, 0.3) is 0 Å². The van der Waals surface area contributed by atoms with E-state index in [4.69, 9.17) is 26.8 Å². The van der Waals surface area contributed by atoms with Gasteiger partial charge in [-0.1, -0.05) is 29.8 Å². The van der Waals surface area contributed by atoms with Crippen molar-refractivity contribution in [2.75, 3.05) is 20.8 Å². The number of benzene rings is 2. The lowest BCUT2D eigenvalue weighted by atomic mass is 9.92. The second kappa shape index (κ2) is 7.47. The maximum atomic E-state index is 13.4. The van der Waals surface area contributed by atoms with Crippen LogP contribution in [0.2, 0.25) is 5.02 Å². The van der Waals surface area contributed by atoms with E-state index >= 15 is 0 Å². The topological polar surface area (TPSA) is 44.5 Å². The van der Waals surface area contributed by atoms with Crippen LogP contribution in [0.4, 0.5) is 4.39 Å². The summed E-state index contributed by atoms with van der Waals surface area (Å²) in [5.41, 5.74) is 7.60. The molecule has 0 spiro atoms. The first-order chi connectivity index (χ1) is 10.6. The molecule has 5 heteroatoms. The fraction of sp³-hybridized carbons (Fsp3) is 0.294. The molecule has 2 aromatic rings. The van der Waals surface area contributed by atoms with Gasteiger partial charge in [0.25, 0.3) is 0 Å². The number of hydrogen-bond acceptors (Lipinski definition) is 3. The van der Waals surface area contributed by atoms with Crippen LogP contribution in [0.3, 0.4) is 0 Å². The van der Waals surface area contributed by atoms with E-state index < -0.39 is 0 Å². The lowest BCUT2D eigenvalue weighted by Crippen LogP contribution is -2.15. The zero-order valence-electron chi connectivity index (χ0n) is 12.6. The van der Waals surface area contributed by atoms with E-state index in [1.165, 1.54) is 12.1 Å². The fourth-order valence-corrected chi connectivity index (χ4v) is 2.76. The summed E-state index contributed by atoms with van der Waals surface area (Å²) >= 11 is 6.39. The van der Waals surface area contributed by atoms with Crippen LogP contribution in [0.5, 0.6) is 11.5 Å². The van der Waals surface area contributed by atoms with E-state index in [0.717, 1.165) is 11.1 Å². The number of ether oxygens (including phenoxy) is 2. The van der Waals surface area contributed by atoms with Crippen LogP contribution in [0, 0.1) is 5.82 Å². The van der Waals surface area contributed by atoms with Crippen LogP contribution < -0.4 is 15.2 Å². The van der Waals surface area contributed by atoms with E-state index in [2.05, 4.69) is 0 Å². The van der Waals surface area contributed by atoms with Crippen LogP contribution in [-0.2, 0) is 6.42 Å². The SMILES string of the molecule is COc1ccc(CC(CN)c2cccc(F)c2)c(Cl)c1OC. The van der Waals surface area contributed by atoms with Crippen molar-refractivity contribution in [1.29, 1.82) is 0 Å².